The first-order valence-electron chi connectivity index (χ1n) is 11.7. The summed E-state index contributed by atoms with van der Waals surface area (Å²) in [4.78, 5) is 31.5. The molecule has 0 bridgehead atoms. The first-order chi connectivity index (χ1) is 18.5. The smallest absolute Gasteiger partial charge is 0.475 e. The zero-order chi connectivity index (χ0) is 28.3. The number of anilines is 2. The number of nitrogens with zero attached hydrogens (tertiary/aromatic N) is 5. The van der Waals surface area contributed by atoms with Crippen LogP contribution in [0.15, 0.2) is 35.1 Å². The van der Waals surface area contributed by atoms with Gasteiger partial charge in [0.1, 0.15) is 5.52 Å². The van der Waals surface area contributed by atoms with Gasteiger partial charge < -0.3 is 31.8 Å². The van der Waals surface area contributed by atoms with Gasteiger partial charge in [-0.1, -0.05) is 12.1 Å². The predicted molar refractivity (Wildman–Crippen MR) is 133 cm³/mol. The minimum Gasteiger partial charge on any atom is -0.475 e. The summed E-state index contributed by atoms with van der Waals surface area (Å²) < 4.78 is 38.4. The van der Waals surface area contributed by atoms with Crippen LogP contribution in [0.25, 0.3) is 33.8 Å². The Hall–Kier alpha value is -4.73. The third-order valence-electron chi connectivity index (χ3n) is 5.85. The molecule has 0 saturated carbocycles. The summed E-state index contributed by atoms with van der Waals surface area (Å²) in [5.74, 6) is -2.39. The lowest BCUT2D eigenvalue weighted by molar-refractivity contribution is -0.192. The summed E-state index contributed by atoms with van der Waals surface area (Å²) in [5.41, 5.74) is 15.9. The van der Waals surface area contributed by atoms with Crippen molar-refractivity contribution in [2.45, 2.75) is 32.1 Å². The summed E-state index contributed by atoms with van der Waals surface area (Å²) in [5, 5.41) is 21.1. The Morgan fingerprint density at radius 1 is 1.26 bits per heavy atom. The number of aliphatic carboxylic acids is 1. The summed E-state index contributed by atoms with van der Waals surface area (Å²) in [7, 11) is 0. The number of alkyl halides is 3. The second-order valence-corrected chi connectivity index (χ2v) is 8.49. The number of pyridine rings is 1. The molecule has 1 aliphatic heterocycles. The van der Waals surface area contributed by atoms with Crippen molar-refractivity contribution >= 4 is 34.4 Å². The molecule has 13 nitrogen and oxygen atoms in total. The number of nitrogens with two attached hydrogens (primary N) is 2. The maximum atomic E-state index is 13.2. The van der Waals surface area contributed by atoms with Gasteiger partial charge in [0.2, 0.25) is 0 Å². The zero-order valence-electron chi connectivity index (χ0n) is 20.5. The van der Waals surface area contributed by atoms with Crippen LogP contribution in [0, 0.1) is 0 Å². The molecule has 1 aromatic carbocycles. The van der Waals surface area contributed by atoms with Gasteiger partial charge in [0.05, 0.1) is 16.8 Å². The van der Waals surface area contributed by atoms with Gasteiger partial charge in [0, 0.05) is 36.6 Å². The monoisotopic (exact) mass is 547 g/mol. The predicted octanol–water partition coefficient (Wildman–Crippen LogP) is 2.06. The topological polar surface area (TPSA) is 200 Å². The second-order valence-electron chi connectivity index (χ2n) is 8.49. The van der Waals surface area contributed by atoms with Crippen molar-refractivity contribution in [3.63, 3.8) is 0 Å². The van der Waals surface area contributed by atoms with E-state index in [0.717, 1.165) is 25.1 Å². The molecule has 4 heterocycles. The Labute approximate surface area is 218 Å². The third-order valence-corrected chi connectivity index (χ3v) is 5.85. The number of halogens is 3. The fraction of sp³-hybridized carbons (Fsp3) is 0.304. The fourth-order valence-corrected chi connectivity index (χ4v) is 4.09. The Bertz CT molecular complexity index is 1510. The molecular formula is C23H24F3N9O4. The highest BCUT2D eigenvalue weighted by Crippen LogP contribution is 2.34. The van der Waals surface area contributed by atoms with Crippen molar-refractivity contribution in [3.05, 3.63) is 36.0 Å². The number of carboxylic acids is 1. The normalized spacial score (nSPS) is 15.1. The SMILES string of the molecule is CCn1c(-c2nonc2N)nc2c(-c3cccc(N)c3)ncc(C(=O)NC3CCNC3)c21.O=C(O)C(F)(F)F. The van der Waals surface area contributed by atoms with Gasteiger partial charge in [0.25, 0.3) is 5.91 Å². The Kier molecular flexibility index (Phi) is 7.66. The maximum Gasteiger partial charge on any atom is 0.490 e. The number of imidazole rings is 1. The zero-order valence-corrected chi connectivity index (χ0v) is 20.5. The number of benzene rings is 1. The van der Waals surface area contributed by atoms with Gasteiger partial charge in [-0.25, -0.2) is 14.4 Å². The summed E-state index contributed by atoms with van der Waals surface area (Å²) in [6.45, 7) is 4.09. The van der Waals surface area contributed by atoms with Gasteiger partial charge in [-0.3, -0.25) is 9.78 Å². The van der Waals surface area contributed by atoms with E-state index in [1.165, 1.54) is 0 Å². The number of nitrogen functional groups attached to an aromatic ring is 2. The number of carboxylic acid groups (broad SMARTS) is 1. The van der Waals surface area contributed by atoms with Crippen LogP contribution in [0.2, 0.25) is 0 Å². The number of fused-ring (bicyclic) bond motifs is 1. The van der Waals surface area contributed by atoms with Gasteiger partial charge in [-0.2, -0.15) is 13.2 Å². The molecule has 0 spiro atoms. The molecule has 39 heavy (non-hydrogen) atoms. The highest BCUT2D eigenvalue weighted by atomic mass is 19.4. The first kappa shape index (κ1) is 27.3. The van der Waals surface area contributed by atoms with Crippen molar-refractivity contribution in [2.24, 2.45) is 0 Å². The van der Waals surface area contributed by atoms with Crippen LogP contribution < -0.4 is 22.1 Å². The standard InChI is InChI=1S/C21H23N9O2.C2HF3O2/c1-2-30-18-14(21(31)26-13-6-7-24-9-13)10-25-15(11-4-3-5-12(22)8-11)16(18)27-20(30)17-19(23)29-32-28-17;3-2(4,5)1(6)7/h3-5,8,10,13,24H,2,6-7,9,22H2,1H3,(H2,23,29)(H,26,31);(H,6,7). The fourth-order valence-electron chi connectivity index (χ4n) is 4.09. The molecular weight excluding hydrogens is 523 g/mol. The molecule has 1 saturated heterocycles. The van der Waals surface area contributed by atoms with Gasteiger partial charge in [0.15, 0.2) is 17.3 Å². The quantitative estimate of drug-likeness (QED) is 0.229. The number of carbonyl (C=O) groups excluding carboxylic acids is 1. The van der Waals surface area contributed by atoms with E-state index in [1.807, 2.05) is 29.7 Å². The van der Waals surface area contributed by atoms with Gasteiger partial charge in [-0.05, 0) is 42.3 Å². The van der Waals surface area contributed by atoms with Crippen molar-refractivity contribution in [1.29, 1.82) is 0 Å². The molecule has 0 radical (unpaired) electrons. The average Bonchev–Trinajstić information content (AvgIpc) is 3.63. The molecule has 16 heteroatoms. The molecule has 1 amide bonds. The lowest BCUT2D eigenvalue weighted by Crippen LogP contribution is -2.36. The minimum absolute atomic E-state index is 0.0685. The van der Waals surface area contributed by atoms with Crippen molar-refractivity contribution < 1.29 is 32.5 Å². The van der Waals surface area contributed by atoms with E-state index in [4.69, 9.17) is 31.0 Å². The molecule has 0 aliphatic carbocycles. The third kappa shape index (κ3) is 5.74. The van der Waals surface area contributed by atoms with E-state index in [9.17, 15) is 18.0 Å². The Balaban J connectivity index is 0.000000448. The molecule has 1 atom stereocenters. The molecule has 3 aromatic heterocycles. The van der Waals surface area contributed by atoms with Crippen molar-refractivity contribution in [3.8, 4) is 22.8 Å². The molecule has 7 N–H and O–H groups in total. The number of aromatic nitrogens is 5. The molecule has 1 aliphatic rings. The van der Waals surface area contributed by atoms with Crippen LogP contribution in [0.4, 0.5) is 24.7 Å². The first-order valence-corrected chi connectivity index (χ1v) is 11.7. The maximum absolute atomic E-state index is 13.2. The van der Waals surface area contributed by atoms with Crippen LogP contribution in [0.3, 0.4) is 0 Å². The van der Waals surface area contributed by atoms with Crippen LogP contribution in [0.5, 0.6) is 0 Å². The van der Waals surface area contributed by atoms with Crippen LogP contribution in [0.1, 0.15) is 23.7 Å². The molecule has 5 rings (SSSR count). The summed E-state index contributed by atoms with van der Waals surface area (Å²) >= 11 is 0. The van der Waals surface area contributed by atoms with Crippen molar-refractivity contribution in [2.75, 3.05) is 24.6 Å². The second kappa shape index (κ2) is 10.9. The van der Waals surface area contributed by atoms with Crippen LogP contribution >= 0.6 is 0 Å². The largest absolute Gasteiger partial charge is 0.490 e. The highest BCUT2D eigenvalue weighted by molar-refractivity contribution is 6.08. The van der Waals surface area contributed by atoms with E-state index >= 15 is 0 Å². The van der Waals surface area contributed by atoms with E-state index in [-0.39, 0.29) is 17.8 Å². The summed E-state index contributed by atoms with van der Waals surface area (Å²) in [6.07, 6.45) is -2.62. The number of carbonyl (C=O) groups is 2. The number of aryl methyl sites for hydroxylation is 1. The number of hydrogen-bond donors (Lipinski definition) is 5. The number of hydrogen-bond acceptors (Lipinski definition) is 10. The van der Waals surface area contributed by atoms with Crippen molar-refractivity contribution in [1.82, 2.24) is 35.5 Å². The summed E-state index contributed by atoms with van der Waals surface area (Å²) in [6, 6.07) is 7.44. The molecule has 4 aromatic rings. The number of rotatable bonds is 5. The molecule has 206 valence electrons. The molecule has 1 fully saturated rings. The van der Waals surface area contributed by atoms with E-state index in [0.29, 0.717) is 46.0 Å². The van der Waals surface area contributed by atoms with Gasteiger partial charge in [-0.15, -0.1) is 0 Å². The van der Waals surface area contributed by atoms with Crippen LogP contribution in [-0.2, 0) is 11.3 Å². The van der Waals surface area contributed by atoms with E-state index in [1.54, 1.807) is 12.3 Å². The number of nitrogens with one attached hydrogen (secondary N) is 2. The minimum atomic E-state index is -5.08. The highest BCUT2D eigenvalue weighted by Gasteiger charge is 2.38. The number of amides is 1. The Morgan fingerprint density at radius 3 is 2.56 bits per heavy atom. The van der Waals surface area contributed by atoms with E-state index in [2.05, 4.69) is 25.9 Å². The average molecular weight is 547 g/mol. The lowest BCUT2D eigenvalue weighted by Gasteiger charge is -2.14. The van der Waals surface area contributed by atoms with Gasteiger partial charge >= 0.3 is 12.1 Å². The Morgan fingerprint density at radius 2 is 2.00 bits per heavy atom. The lowest BCUT2D eigenvalue weighted by atomic mass is 10.1. The van der Waals surface area contributed by atoms with E-state index < -0.39 is 12.1 Å². The van der Waals surface area contributed by atoms with Crippen LogP contribution in [-0.4, -0.2) is 67.1 Å². The molecule has 1 unspecified atom stereocenters.